The van der Waals surface area contributed by atoms with Crippen LogP contribution in [0.5, 0.6) is 0 Å². The van der Waals surface area contributed by atoms with Gasteiger partial charge in [-0.05, 0) is 49.4 Å². The molecule has 0 spiro atoms. The fourth-order valence-corrected chi connectivity index (χ4v) is 5.54. The molecule has 1 amide bonds. The van der Waals surface area contributed by atoms with Gasteiger partial charge in [-0.15, -0.1) is 11.3 Å². The van der Waals surface area contributed by atoms with Crippen LogP contribution in [-0.4, -0.2) is 46.5 Å². The van der Waals surface area contributed by atoms with Crippen molar-refractivity contribution < 1.29 is 4.79 Å². The summed E-state index contributed by atoms with van der Waals surface area (Å²) in [5.74, 6) is 0.548. The molecule has 6 heteroatoms. The average Bonchev–Trinajstić information content (AvgIpc) is 3.34. The van der Waals surface area contributed by atoms with Crippen molar-refractivity contribution in [1.82, 2.24) is 14.9 Å². The van der Waals surface area contributed by atoms with E-state index in [4.69, 9.17) is 0 Å². The molecule has 144 valence electrons. The van der Waals surface area contributed by atoms with Crippen molar-refractivity contribution in [2.45, 2.75) is 31.7 Å². The molecule has 3 aromatic rings. The molecule has 2 aliphatic heterocycles. The van der Waals surface area contributed by atoms with E-state index >= 15 is 0 Å². The molecule has 28 heavy (non-hydrogen) atoms. The van der Waals surface area contributed by atoms with Gasteiger partial charge in [0.15, 0.2) is 0 Å². The number of amides is 1. The number of nitrogens with zero attached hydrogens (tertiary/aromatic N) is 4. The number of aryl methyl sites for hydroxylation is 1. The summed E-state index contributed by atoms with van der Waals surface area (Å²) in [5, 5.41) is 0. The summed E-state index contributed by atoms with van der Waals surface area (Å²) in [6, 6.07) is 10.8. The Morgan fingerprint density at radius 1 is 1.18 bits per heavy atom. The standard InChI is InChI=1S/C22H24N4OS/c27-22-17(6-1-4-16-5-2-8-20-21(16)28-15-24-20)12-19-14-25(10-11-26(19)22)18-7-3-9-23-13-18/h2-3,5,7-9,13,15,17,19H,1,4,6,10-12,14H2/t17-,19-/m0/s1. The van der Waals surface area contributed by atoms with Crippen LogP contribution in [0, 0.1) is 5.92 Å². The Bertz CT molecular complexity index is 973. The van der Waals surface area contributed by atoms with Gasteiger partial charge >= 0.3 is 0 Å². The highest BCUT2D eigenvalue weighted by atomic mass is 32.1. The number of rotatable bonds is 5. The van der Waals surface area contributed by atoms with Crippen molar-refractivity contribution in [3.8, 4) is 0 Å². The molecule has 0 unspecified atom stereocenters. The molecule has 2 atom stereocenters. The topological polar surface area (TPSA) is 49.3 Å². The number of hydrogen-bond acceptors (Lipinski definition) is 5. The summed E-state index contributed by atoms with van der Waals surface area (Å²) < 4.78 is 1.30. The second-order valence-electron chi connectivity index (χ2n) is 7.79. The minimum Gasteiger partial charge on any atom is -0.366 e. The van der Waals surface area contributed by atoms with Gasteiger partial charge in [-0.1, -0.05) is 12.1 Å². The number of carbonyl (C=O) groups excluding carboxylic acids is 1. The van der Waals surface area contributed by atoms with E-state index in [1.807, 2.05) is 24.0 Å². The summed E-state index contributed by atoms with van der Waals surface area (Å²) in [4.78, 5) is 26.0. The molecule has 2 aromatic heterocycles. The summed E-state index contributed by atoms with van der Waals surface area (Å²) >= 11 is 1.71. The lowest BCUT2D eigenvalue weighted by molar-refractivity contribution is -0.132. The van der Waals surface area contributed by atoms with Crippen LogP contribution in [0.1, 0.15) is 24.8 Å². The summed E-state index contributed by atoms with van der Waals surface area (Å²) in [6.45, 7) is 2.65. The summed E-state index contributed by atoms with van der Waals surface area (Å²) in [7, 11) is 0. The van der Waals surface area contributed by atoms with Gasteiger partial charge < -0.3 is 9.80 Å². The van der Waals surface area contributed by atoms with Crippen molar-refractivity contribution in [2.24, 2.45) is 5.92 Å². The van der Waals surface area contributed by atoms with Gasteiger partial charge in [-0.3, -0.25) is 9.78 Å². The van der Waals surface area contributed by atoms with Crippen LogP contribution in [0.25, 0.3) is 10.2 Å². The highest BCUT2D eigenvalue weighted by Crippen LogP contribution is 2.33. The first kappa shape index (κ1) is 17.6. The van der Waals surface area contributed by atoms with Gasteiger partial charge in [0.05, 0.1) is 33.7 Å². The zero-order valence-electron chi connectivity index (χ0n) is 15.8. The Kier molecular flexibility index (Phi) is 4.72. The minimum atomic E-state index is 0.180. The van der Waals surface area contributed by atoms with E-state index in [9.17, 15) is 4.79 Å². The van der Waals surface area contributed by atoms with Crippen LogP contribution >= 0.6 is 11.3 Å². The Labute approximate surface area is 169 Å². The number of thiazole rings is 1. The van der Waals surface area contributed by atoms with Crippen molar-refractivity contribution in [2.75, 3.05) is 24.5 Å². The van der Waals surface area contributed by atoms with Crippen molar-refractivity contribution >= 4 is 33.1 Å². The van der Waals surface area contributed by atoms with Gasteiger partial charge in [0.1, 0.15) is 0 Å². The number of aromatic nitrogens is 2. The first-order valence-corrected chi connectivity index (χ1v) is 10.9. The van der Waals surface area contributed by atoms with Crippen LogP contribution < -0.4 is 4.90 Å². The van der Waals surface area contributed by atoms with Crippen LogP contribution in [0.15, 0.2) is 48.2 Å². The Balaban J connectivity index is 1.20. The number of pyridine rings is 1. The maximum Gasteiger partial charge on any atom is 0.226 e. The maximum absolute atomic E-state index is 12.9. The third-order valence-electron chi connectivity index (χ3n) is 6.12. The minimum absolute atomic E-state index is 0.180. The smallest absolute Gasteiger partial charge is 0.226 e. The Hall–Kier alpha value is -2.47. The lowest BCUT2D eigenvalue weighted by atomic mass is 9.96. The quantitative estimate of drug-likeness (QED) is 0.664. The molecule has 0 aliphatic carbocycles. The van der Waals surface area contributed by atoms with Gasteiger partial charge in [-0.2, -0.15) is 0 Å². The third kappa shape index (κ3) is 3.26. The fraction of sp³-hybridized carbons (Fsp3) is 0.409. The van der Waals surface area contributed by atoms with E-state index in [-0.39, 0.29) is 5.92 Å². The highest BCUT2D eigenvalue weighted by Gasteiger charge is 2.41. The molecule has 2 fully saturated rings. The van der Waals surface area contributed by atoms with Crippen LogP contribution in [0.4, 0.5) is 5.69 Å². The first-order chi connectivity index (χ1) is 13.8. The molecule has 5 rings (SSSR count). The molecular weight excluding hydrogens is 368 g/mol. The van der Waals surface area contributed by atoms with Gasteiger partial charge in [0.25, 0.3) is 0 Å². The predicted molar refractivity (Wildman–Crippen MR) is 113 cm³/mol. The molecule has 0 radical (unpaired) electrons. The molecular formula is C22H24N4OS. The van der Waals surface area contributed by atoms with Crippen LogP contribution in [-0.2, 0) is 11.2 Å². The molecule has 4 heterocycles. The highest BCUT2D eigenvalue weighted by molar-refractivity contribution is 7.16. The molecule has 5 nitrogen and oxygen atoms in total. The van der Waals surface area contributed by atoms with Crippen molar-refractivity contribution in [3.63, 3.8) is 0 Å². The second kappa shape index (κ2) is 7.51. The largest absolute Gasteiger partial charge is 0.366 e. The normalized spacial score (nSPS) is 22.1. The Morgan fingerprint density at radius 3 is 3.04 bits per heavy atom. The molecule has 0 saturated carbocycles. The zero-order chi connectivity index (χ0) is 18.9. The predicted octanol–water partition coefficient (Wildman–Crippen LogP) is 3.75. The summed E-state index contributed by atoms with van der Waals surface area (Å²) in [6.07, 6.45) is 7.77. The maximum atomic E-state index is 12.9. The number of piperazine rings is 1. The lowest BCUT2D eigenvalue weighted by Crippen LogP contribution is -2.51. The van der Waals surface area contributed by atoms with E-state index in [2.05, 4.69) is 44.0 Å². The second-order valence-corrected chi connectivity index (χ2v) is 8.64. The number of anilines is 1. The van der Waals surface area contributed by atoms with Crippen LogP contribution in [0.3, 0.4) is 0 Å². The van der Waals surface area contributed by atoms with E-state index in [1.54, 1.807) is 11.3 Å². The van der Waals surface area contributed by atoms with E-state index in [1.165, 1.54) is 10.3 Å². The van der Waals surface area contributed by atoms with E-state index in [0.717, 1.165) is 56.5 Å². The van der Waals surface area contributed by atoms with Crippen molar-refractivity contribution in [1.29, 1.82) is 0 Å². The fourth-order valence-electron chi connectivity index (χ4n) is 4.71. The zero-order valence-corrected chi connectivity index (χ0v) is 16.6. The van der Waals surface area contributed by atoms with E-state index < -0.39 is 0 Å². The molecule has 2 aliphatic rings. The molecule has 0 bridgehead atoms. The van der Waals surface area contributed by atoms with E-state index in [0.29, 0.717) is 11.9 Å². The SMILES string of the molecule is O=C1[C@@H](CCCc2cccc3ncsc23)C[C@H]2CN(c3cccnc3)CCN12. The number of benzene rings is 1. The number of fused-ring (bicyclic) bond motifs is 2. The average molecular weight is 393 g/mol. The Morgan fingerprint density at radius 2 is 2.14 bits per heavy atom. The lowest BCUT2D eigenvalue weighted by Gasteiger charge is -2.38. The first-order valence-electron chi connectivity index (χ1n) is 10.1. The number of hydrogen-bond donors (Lipinski definition) is 0. The van der Waals surface area contributed by atoms with Gasteiger partial charge in [0, 0.05) is 31.7 Å². The molecule has 0 N–H and O–H groups in total. The molecule has 1 aromatic carbocycles. The third-order valence-corrected chi connectivity index (χ3v) is 7.04. The number of carbonyl (C=O) groups is 1. The monoisotopic (exact) mass is 392 g/mol. The van der Waals surface area contributed by atoms with Crippen molar-refractivity contribution in [3.05, 3.63) is 53.8 Å². The van der Waals surface area contributed by atoms with Crippen LogP contribution in [0.2, 0.25) is 0 Å². The van der Waals surface area contributed by atoms with Gasteiger partial charge in [0.2, 0.25) is 5.91 Å². The van der Waals surface area contributed by atoms with Gasteiger partial charge in [-0.25, -0.2) is 4.98 Å². The summed E-state index contributed by atoms with van der Waals surface area (Å²) in [5.41, 5.74) is 5.54. The molecule has 2 saturated heterocycles.